The van der Waals surface area contributed by atoms with Crippen LogP contribution >= 0.6 is 0 Å². The zero-order valence-corrected chi connectivity index (χ0v) is 15.0. The first-order valence-corrected chi connectivity index (χ1v) is 9.58. The average Bonchev–Trinajstić information content (AvgIpc) is 3.32. The van der Waals surface area contributed by atoms with Crippen molar-refractivity contribution in [3.63, 3.8) is 0 Å². The maximum atomic E-state index is 12.6. The molecule has 4 rings (SSSR count). The van der Waals surface area contributed by atoms with Crippen LogP contribution in [-0.2, 0) is 27.3 Å². The molecule has 3 fully saturated rings. The number of hydroxylamine groups is 2. The predicted octanol–water partition coefficient (Wildman–Crippen LogP) is 2.23. The first-order valence-electron chi connectivity index (χ1n) is 9.58. The maximum absolute atomic E-state index is 12.6. The number of hydrogen-bond acceptors (Lipinski definition) is 5. The number of aryl methyl sites for hydroxylation is 1. The van der Waals surface area contributed by atoms with E-state index in [1.165, 1.54) is 0 Å². The zero-order chi connectivity index (χ0) is 17.2. The molecule has 1 aromatic heterocycles. The van der Waals surface area contributed by atoms with Gasteiger partial charge in [0.05, 0.1) is 38.3 Å². The topological polar surface area (TPSA) is 55.2 Å². The van der Waals surface area contributed by atoms with E-state index in [1.807, 2.05) is 0 Å². The molecule has 1 amide bonds. The van der Waals surface area contributed by atoms with Crippen LogP contribution in [-0.4, -0.2) is 54.8 Å². The fourth-order valence-electron chi connectivity index (χ4n) is 4.26. The van der Waals surface area contributed by atoms with Gasteiger partial charge in [0.2, 0.25) is 0 Å². The van der Waals surface area contributed by atoms with Gasteiger partial charge in [-0.1, -0.05) is 6.92 Å². The Morgan fingerprint density at radius 2 is 2.16 bits per heavy atom. The smallest absolute Gasteiger partial charge is 0.251 e. The number of amides is 1. The fourth-order valence-corrected chi connectivity index (χ4v) is 4.26. The molecule has 1 aromatic rings. The number of carbonyl (C=O) groups is 1. The van der Waals surface area contributed by atoms with E-state index in [2.05, 4.69) is 24.0 Å². The molecule has 3 aliphatic rings. The minimum atomic E-state index is -0.0605. The molecule has 0 aromatic carbocycles. The van der Waals surface area contributed by atoms with E-state index in [-0.39, 0.29) is 11.8 Å². The van der Waals surface area contributed by atoms with Gasteiger partial charge in [-0.2, -0.15) is 0 Å². The molecular weight excluding hydrogens is 320 g/mol. The van der Waals surface area contributed by atoms with Crippen molar-refractivity contribution in [3.05, 3.63) is 23.7 Å². The maximum Gasteiger partial charge on any atom is 0.251 e. The van der Waals surface area contributed by atoms with Crippen molar-refractivity contribution in [2.45, 2.75) is 45.3 Å². The third kappa shape index (κ3) is 3.76. The SMILES string of the molecule is CCc1ccc(CN2CC[C@@H]3OC[C@H](C(=O)N4CCCO4)C[C@@H]3C2)o1. The summed E-state index contributed by atoms with van der Waals surface area (Å²) in [7, 11) is 0. The van der Waals surface area contributed by atoms with Gasteiger partial charge in [0.25, 0.3) is 5.91 Å². The van der Waals surface area contributed by atoms with Crippen molar-refractivity contribution in [1.29, 1.82) is 0 Å². The first-order chi connectivity index (χ1) is 12.2. The molecule has 138 valence electrons. The summed E-state index contributed by atoms with van der Waals surface area (Å²) in [6.45, 7) is 6.86. The number of hydrogen-bond donors (Lipinski definition) is 0. The number of nitrogens with zero attached hydrogens (tertiary/aromatic N) is 2. The Morgan fingerprint density at radius 1 is 1.28 bits per heavy atom. The van der Waals surface area contributed by atoms with Gasteiger partial charge in [-0.3, -0.25) is 14.5 Å². The van der Waals surface area contributed by atoms with Crippen molar-refractivity contribution in [2.24, 2.45) is 11.8 Å². The van der Waals surface area contributed by atoms with E-state index < -0.39 is 0 Å². The minimum absolute atomic E-state index is 0.0605. The Kier molecular flexibility index (Phi) is 5.10. The van der Waals surface area contributed by atoms with E-state index in [0.29, 0.717) is 31.8 Å². The summed E-state index contributed by atoms with van der Waals surface area (Å²) in [4.78, 5) is 20.4. The number of furan rings is 1. The lowest BCUT2D eigenvalue weighted by atomic mass is 9.83. The number of carbonyl (C=O) groups excluding carboxylic acids is 1. The lowest BCUT2D eigenvalue weighted by Crippen LogP contribution is -2.50. The van der Waals surface area contributed by atoms with Gasteiger partial charge in [-0.05, 0) is 37.3 Å². The second-order valence-corrected chi connectivity index (χ2v) is 7.44. The summed E-state index contributed by atoms with van der Waals surface area (Å²) in [6, 6.07) is 4.15. The Morgan fingerprint density at radius 3 is 2.92 bits per heavy atom. The van der Waals surface area contributed by atoms with Crippen molar-refractivity contribution in [2.75, 3.05) is 32.8 Å². The van der Waals surface area contributed by atoms with Gasteiger partial charge >= 0.3 is 0 Å². The highest BCUT2D eigenvalue weighted by Crippen LogP contribution is 2.33. The molecule has 3 aliphatic heterocycles. The van der Waals surface area contributed by atoms with Crippen LogP contribution < -0.4 is 0 Å². The molecule has 0 saturated carbocycles. The Hall–Kier alpha value is -1.37. The highest BCUT2D eigenvalue weighted by atomic mass is 16.7. The summed E-state index contributed by atoms with van der Waals surface area (Å²) in [5, 5.41) is 1.55. The van der Waals surface area contributed by atoms with Gasteiger partial charge in [-0.15, -0.1) is 0 Å². The summed E-state index contributed by atoms with van der Waals surface area (Å²) in [6.07, 6.45) is 4.09. The first kappa shape index (κ1) is 17.1. The second-order valence-electron chi connectivity index (χ2n) is 7.44. The van der Waals surface area contributed by atoms with Crippen molar-refractivity contribution < 1.29 is 18.8 Å². The minimum Gasteiger partial charge on any atom is -0.465 e. The van der Waals surface area contributed by atoms with Crippen LogP contribution in [0.2, 0.25) is 0 Å². The zero-order valence-electron chi connectivity index (χ0n) is 15.0. The van der Waals surface area contributed by atoms with Crippen LogP contribution in [0, 0.1) is 11.8 Å². The molecule has 0 radical (unpaired) electrons. The number of ether oxygens (including phenoxy) is 1. The summed E-state index contributed by atoms with van der Waals surface area (Å²) in [5.41, 5.74) is 0. The molecular formula is C19H28N2O4. The summed E-state index contributed by atoms with van der Waals surface area (Å²) in [5.74, 6) is 2.54. The fraction of sp³-hybridized carbons (Fsp3) is 0.737. The van der Waals surface area contributed by atoms with Crippen molar-refractivity contribution >= 4 is 5.91 Å². The normalized spacial score (nSPS) is 30.4. The van der Waals surface area contributed by atoms with E-state index in [1.54, 1.807) is 5.06 Å². The molecule has 4 heterocycles. The molecule has 0 spiro atoms. The predicted molar refractivity (Wildman–Crippen MR) is 91.6 cm³/mol. The van der Waals surface area contributed by atoms with Gasteiger partial charge in [0, 0.05) is 19.5 Å². The molecule has 3 saturated heterocycles. The van der Waals surface area contributed by atoms with Crippen LogP contribution in [0.3, 0.4) is 0 Å². The highest BCUT2D eigenvalue weighted by molar-refractivity contribution is 5.78. The lowest BCUT2D eigenvalue weighted by Gasteiger charge is -2.43. The van der Waals surface area contributed by atoms with Gasteiger partial charge in [-0.25, -0.2) is 5.06 Å². The average molecular weight is 348 g/mol. The second kappa shape index (κ2) is 7.48. The van der Waals surface area contributed by atoms with Crippen LogP contribution in [0.1, 0.15) is 37.7 Å². The standard InChI is InChI=1S/C19H28N2O4/c1-2-16-4-5-17(25-16)12-20-8-6-18-14(11-20)10-15(13-23-18)19(22)21-7-3-9-24-21/h4-5,14-15,18H,2-3,6-13H2,1H3/t14-,15-,18+/m1/s1. The summed E-state index contributed by atoms with van der Waals surface area (Å²) >= 11 is 0. The van der Waals surface area contributed by atoms with Crippen LogP contribution in [0.25, 0.3) is 0 Å². The molecule has 6 nitrogen and oxygen atoms in total. The molecule has 25 heavy (non-hydrogen) atoms. The van der Waals surface area contributed by atoms with E-state index in [0.717, 1.165) is 56.8 Å². The Labute approximate surface area is 149 Å². The third-order valence-corrected chi connectivity index (χ3v) is 5.64. The monoisotopic (exact) mass is 348 g/mol. The molecule has 0 bridgehead atoms. The molecule has 0 unspecified atom stereocenters. The molecule has 6 heteroatoms. The quantitative estimate of drug-likeness (QED) is 0.835. The van der Waals surface area contributed by atoms with E-state index >= 15 is 0 Å². The van der Waals surface area contributed by atoms with Crippen LogP contribution in [0.5, 0.6) is 0 Å². The van der Waals surface area contributed by atoms with Gasteiger partial charge in [0.1, 0.15) is 11.5 Å². The number of likely N-dealkylation sites (tertiary alicyclic amines) is 1. The van der Waals surface area contributed by atoms with Crippen LogP contribution in [0.4, 0.5) is 0 Å². The van der Waals surface area contributed by atoms with E-state index in [4.69, 9.17) is 14.0 Å². The van der Waals surface area contributed by atoms with Crippen molar-refractivity contribution in [1.82, 2.24) is 9.96 Å². The van der Waals surface area contributed by atoms with Crippen molar-refractivity contribution in [3.8, 4) is 0 Å². The van der Waals surface area contributed by atoms with E-state index in [9.17, 15) is 4.79 Å². The van der Waals surface area contributed by atoms with Gasteiger partial charge < -0.3 is 9.15 Å². The number of fused-ring (bicyclic) bond motifs is 1. The molecule has 0 N–H and O–H groups in total. The summed E-state index contributed by atoms with van der Waals surface area (Å²) < 4.78 is 11.9. The third-order valence-electron chi connectivity index (χ3n) is 5.64. The Balaban J connectivity index is 1.34. The Bertz CT molecular complexity index is 596. The molecule has 0 aliphatic carbocycles. The van der Waals surface area contributed by atoms with Crippen LogP contribution in [0.15, 0.2) is 16.5 Å². The van der Waals surface area contributed by atoms with Gasteiger partial charge in [0.15, 0.2) is 0 Å². The largest absolute Gasteiger partial charge is 0.465 e. The molecule has 3 atom stereocenters. The number of rotatable bonds is 4. The highest BCUT2D eigenvalue weighted by Gasteiger charge is 2.40. The lowest BCUT2D eigenvalue weighted by molar-refractivity contribution is -0.183. The number of piperidine rings is 1.